The summed E-state index contributed by atoms with van der Waals surface area (Å²) in [5.74, 6) is -0.947. The van der Waals surface area contributed by atoms with Gasteiger partial charge >= 0.3 is 0 Å². The number of non-ortho nitro benzene ring substituents is 1. The Kier molecular flexibility index (Phi) is 4.94. The van der Waals surface area contributed by atoms with E-state index in [0.29, 0.717) is 10.6 Å². The number of carbonyl (C=O) groups is 1. The largest absolute Gasteiger partial charge is 0.504 e. The van der Waals surface area contributed by atoms with Crippen molar-refractivity contribution in [2.45, 2.75) is 6.92 Å². The number of nitrogens with zero attached hydrogens (tertiary/aromatic N) is 3. The zero-order chi connectivity index (χ0) is 17.9. The molecule has 0 aliphatic heterocycles. The molecule has 1 aromatic heterocycles. The summed E-state index contributed by atoms with van der Waals surface area (Å²) in [7, 11) is 1.26. The zero-order valence-electron chi connectivity index (χ0n) is 12.6. The third kappa shape index (κ3) is 3.57. The van der Waals surface area contributed by atoms with Gasteiger partial charge in [0.25, 0.3) is 11.6 Å². The van der Waals surface area contributed by atoms with Crippen LogP contribution >= 0.6 is 11.3 Å². The van der Waals surface area contributed by atoms with E-state index in [1.165, 1.54) is 7.11 Å². The number of methoxy groups -OCH3 is 1. The molecule has 2 rings (SSSR count). The maximum atomic E-state index is 11.9. The van der Waals surface area contributed by atoms with Gasteiger partial charge in [-0.2, -0.15) is 5.10 Å². The van der Waals surface area contributed by atoms with E-state index in [9.17, 15) is 20.0 Å². The smallest absolute Gasteiger partial charge is 0.283 e. The van der Waals surface area contributed by atoms with Crippen LogP contribution in [-0.4, -0.2) is 34.2 Å². The van der Waals surface area contributed by atoms with Crippen LogP contribution in [0.4, 0.5) is 10.8 Å². The van der Waals surface area contributed by atoms with Gasteiger partial charge in [-0.3, -0.25) is 14.9 Å². The number of aromatic nitrogens is 1. The maximum absolute atomic E-state index is 11.9. The number of nitro groups is 1. The molecule has 0 radical (unpaired) electrons. The molecule has 126 valence electrons. The van der Waals surface area contributed by atoms with Gasteiger partial charge in [0.1, 0.15) is 4.88 Å². The minimum atomic E-state index is -0.638. The highest BCUT2D eigenvalue weighted by Gasteiger charge is 2.16. The number of ether oxygens (including phenoxy) is 1. The lowest BCUT2D eigenvalue weighted by Crippen LogP contribution is -2.17. The lowest BCUT2D eigenvalue weighted by Gasteiger charge is -2.05. The summed E-state index contributed by atoms with van der Waals surface area (Å²) in [6.07, 6.45) is 1.07. The van der Waals surface area contributed by atoms with Gasteiger partial charge < -0.3 is 15.6 Å². The molecule has 0 atom stereocenters. The van der Waals surface area contributed by atoms with Crippen LogP contribution in [-0.2, 0) is 0 Å². The number of amides is 1. The molecule has 1 aromatic carbocycles. The number of nitro benzene ring substituents is 1. The number of hydrogen-bond donors (Lipinski definition) is 3. The Morgan fingerprint density at radius 3 is 2.83 bits per heavy atom. The first-order valence-corrected chi connectivity index (χ1v) is 7.26. The minimum Gasteiger partial charge on any atom is -0.504 e. The summed E-state index contributed by atoms with van der Waals surface area (Å²) in [6.45, 7) is 1.63. The van der Waals surface area contributed by atoms with Crippen molar-refractivity contribution in [1.29, 1.82) is 0 Å². The Morgan fingerprint density at radius 2 is 2.29 bits per heavy atom. The van der Waals surface area contributed by atoms with Crippen LogP contribution in [0.3, 0.4) is 0 Å². The average molecular weight is 351 g/mol. The molecule has 11 heteroatoms. The second kappa shape index (κ2) is 6.91. The first-order valence-electron chi connectivity index (χ1n) is 6.45. The zero-order valence-corrected chi connectivity index (χ0v) is 13.5. The predicted octanol–water partition coefficient (Wildman–Crippen LogP) is 1.42. The Balaban J connectivity index is 2.22. The van der Waals surface area contributed by atoms with Crippen molar-refractivity contribution in [2.24, 2.45) is 5.10 Å². The highest BCUT2D eigenvalue weighted by Crippen LogP contribution is 2.33. The Hall–Kier alpha value is -3.21. The number of phenols is 1. The number of carbonyl (C=O) groups excluding carboxylic acids is 1. The normalized spacial score (nSPS) is 10.8. The van der Waals surface area contributed by atoms with Gasteiger partial charge in [0.2, 0.25) is 0 Å². The van der Waals surface area contributed by atoms with Gasteiger partial charge in [-0.1, -0.05) is 11.3 Å². The van der Waals surface area contributed by atoms with E-state index in [0.717, 1.165) is 29.7 Å². The van der Waals surface area contributed by atoms with Gasteiger partial charge in [0.05, 0.1) is 30.0 Å². The third-order valence-corrected chi connectivity index (χ3v) is 3.89. The van der Waals surface area contributed by atoms with Gasteiger partial charge in [0, 0.05) is 11.6 Å². The van der Waals surface area contributed by atoms with E-state index in [4.69, 9.17) is 10.5 Å². The fourth-order valence-electron chi connectivity index (χ4n) is 1.81. The summed E-state index contributed by atoms with van der Waals surface area (Å²) in [5, 5.41) is 24.8. The monoisotopic (exact) mass is 351 g/mol. The molecule has 0 aliphatic carbocycles. The number of phenolic OH excluding ortho intramolecular Hbond substituents is 1. The van der Waals surface area contributed by atoms with Crippen LogP contribution in [0.1, 0.15) is 20.9 Å². The van der Waals surface area contributed by atoms with Crippen LogP contribution in [0.2, 0.25) is 0 Å². The summed E-state index contributed by atoms with van der Waals surface area (Å²) < 4.78 is 4.87. The number of nitrogens with two attached hydrogens (primary N) is 1. The highest BCUT2D eigenvalue weighted by atomic mass is 32.1. The minimum absolute atomic E-state index is 0.0156. The molecule has 0 aliphatic rings. The molecule has 0 unspecified atom stereocenters. The number of aromatic hydroxyl groups is 1. The fraction of sp³-hybridized carbons (Fsp3) is 0.154. The molecule has 2 aromatic rings. The maximum Gasteiger partial charge on any atom is 0.283 e. The van der Waals surface area contributed by atoms with Crippen molar-refractivity contribution in [3.05, 3.63) is 38.4 Å². The summed E-state index contributed by atoms with van der Waals surface area (Å²) in [6, 6.07) is 2.18. The Labute approximate surface area is 139 Å². The van der Waals surface area contributed by atoms with Gasteiger partial charge in [0.15, 0.2) is 16.6 Å². The number of hydrazone groups is 1. The molecule has 4 N–H and O–H groups in total. The van der Waals surface area contributed by atoms with Crippen LogP contribution in [0.5, 0.6) is 11.5 Å². The van der Waals surface area contributed by atoms with Crippen LogP contribution in [0.15, 0.2) is 17.2 Å². The van der Waals surface area contributed by atoms with Crippen molar-refractivity contribution in [2.75, 3.05) is 12.8 Å². The number of benzene rings is 1. The lowest BCUT2D eigenvalue weighted by atomic mass is 10.2. The molecule has 0 saturated heterocycles. The van der Waals surface area contributed by atoms with Crippen LogP contribution in [0.25, 0.3) is 0 Å². The molecular weight excluding hydrogens is 338 g/mol. The average Bonchev–Trinajstić information content (AvgIpc) is 2.87. The molecule has 0 fully saturated rings. The number of anilines is 1. The van der Waals surface area contributed by atoms with Crippen molar-refractivity contribution in [1.82, 2.24) is 10.4 Å². The fourth-order valence-corrected chi connectivity index (χ4v) is 2.54. The highest BCUT2D eigenvalue weighted by molar-refractivity contribution is 7.17. The molecule has 1 heterocycles. The Morgan fingerprint density at radius 1 is 1.58 bits per heavy atom. The Bertz CT molecular complexity index is 832. The van der Waals surface area contributed by atoms with E-state index in [2.05, 4.69) is 15.5 Å². The van der Waals surface area contributed by atoms with Gasteiger partial charge in [-0.15, -0.1) is 0 Å². The molecular formula is C13H13N5O5S. The number of nitrogens with one attached hydrogen (secondary N) is 1. The van der Waals surface area contributed by atoms with E-state index in [-0.39, 0.29) is 27.9 Å². The van der Waals surface area contributed by atoms with Crippen molar-refractivity contribution in [3.63, 3.8) is 0 Å². The van der Waals surface area contributed by atoms with Crippen molar-refractivity contribution in [3.8, 4) is 11.5 Å². The molecule has 1 amide bonds. The van der Waals surface area contributed by atoms with Crippen LogP contribution < -0.4 is 15.9 Å². The SMILES string of the molecule is COc1cc([N+](=O)[O-])cc(/C=N/NC(=O)c2sc(N)nc2C)c1O. The summed E-state index contributed by atoms with van der Waals surface area (Å²) >= 11 is 1.01. The standard InChI is InChI=1S/C13H13N5O5S/c1-6-11(24-13(14)16-6)12(20)17-15-5-7-3-8(18(21)22)4-9(23-2)10(7)19/h3-5,19H,1-2H3,(H2,14,16)(H,17,20)/b15-5+. The second-order valence-corrected chi connectivity index (χ2v) is 5.54. The number of thiazole rings is 1. The second-order valence-electron chi connectivity index (χ2n) is 4.51. The molecule has 0 saturated carbocycles. The summed E-state index contributed by atoms with van der Waals surface area (Å²) in [5.41, 5.74) is 7.94. The topological polar surface area (TPSA) is 153 Å². The number of aryl methyl sites for hydroxylation is 1. The molecule has 0 spiro atoms. The molecule has 24 heavy (non-hydrogen) atoms. The van der Waals surface area contributed by atoms with Gasteiger partial charge in [-0.05, 0) is 6.92 Å². The first-order chi connectivity index (χ1) is 11.3. The number of nitrogen functional groups attached to an aromatic ring is 1. The number of hydrogen-bond acceptors (Lipinski definition) is 9. The van der Waals surface area contributed by atoms with Gasteiger partial charge in [-0.25, -0.2) is 10.4 Å². The lowest BCUT2D eigenvalue weighted by molar-refractivity contribution is -0.385. The van der Waals surface area contributed by atoms with E-state index in [1.807, 2.05) is 0 Å². The molecule has 10 nitrogen and oxygen atoms in total. The third-order valence-electron chi connectivity index (χ3n) is 2.91. The van der Waals surface area contributed by atoms with Crippen molar-refractivity contribution >= 4 is 34.3 Å². The first kappa shape index (κ1) is 17.1. The van der Waals surface area contributed by atoms with E-state index in [1.54, 1.807) is 6.92 Å². The van der Waals surface area contributed by atoms with E-state index >= 15 is 0 Å². The van der Waals surface area contributed by atoms with E-state index < -0.39 is 10.8 Å². The predicted molar refractivity (Wildman–Crippen MR) is 87.6 cm³/mol. The molecule has 0 bridgehead atoms. The number of rotatable bonds is 5. The quantitative estimate of drug-likeness (QED) is 0.418. The van der Waals surface area contributed by atoms with Crippen LogP contribution in [0, 0.1) is 17.0 Å². The summed E-state index contributed by atoms with van der Waals surface area (Å²) in [4.78, 5) is 26.4. The van der Waals surface area contributed by atoms with Crippen molar-refractivity contribution < 1.29 is 19.6 Å².